The number of amides is 1. The molecule has 6 heteroatoms. The van der Waals surface area contributed by atoms with Crippen molar-refractivity contribution in [2.45, 2.75) is 6.42 Å². The standard InChI is InChI=1S/C13H12N2O4/c1-3-9-6-13(16)14(8-9)11-7-10(15(17)18)4-5-12(11)19-2/h1,4-5,7,9H,6,8H2,2H3. The molecule has 1 aromatic rings. The molecule has 0 aromatic heterocycles. The Morgan fingerprint density at radius 3 is 2.84 bits per heavy atom. The number of rotatable bonds is 3. The van der Waals surface area contributed by atoms with Gasteiger partial charge in [-0.2, -0.15) is 0 Å². The SMILES string of the molecule is C#CC1CC(=O)N(c2cc([N+](=O)[O-])ccc2OC)C1. The minimum Gasteiger partial charge on any atom is -0.495 e. The van der Waals surface area contributed by atoms with Gasteiger partial charge in [0.05, 0.1) is 17.7 Å². The van der Waals surface area contributed by atoms with Crippen LogP contribution >= 0.6 is 0 Å². The molecule has 1 heterocycles. The highest BCUT2D eigenvalue weighted by atomic mass is 16.6. The molecule has 1 atom stereocenters. The van der Waals surface area contributed by atoms with Crippen LogP contribution in [0.5, 0.6) is 5.75 Å². The zero-order chi connectivity index (χ0) is 14.0. The zero-order valence-electron chi connectivity index (χ0n) is 10.3. The van der Waals surface area contributed by atoms with Crippen molar-refractivity contribution in [2.24, 2.45) is 5.92 Å². The summed E-state index contributed by atoms with van der Waals surface area (Å²) >= 11 is 0. The Hall–Kier alpha value is -2.55. The van der Waals surface area contributed by atoms with E-state index in [1.807, 2.05) is 0 Å². The highest BCUT2D eigenvalue weighted by Gasteiger charge is 2.32. The van der Waals surface area contributed by atoms with Crippen LogP contribution in [-0.4, -0.2) is 24.5 Å². The third-order valence-corrected chi connectivity index (χ3v) is 3.02. The summed E-state index contributed by atoms with van der Waals surface area (Å²) in [5.41, 5.74) is 0.298. The van der Waals surface area contributed by atoms with Crippen molar-refractivity contribution in [1.29, 1.82) is 0 Å². The summed E-state index contributed by atoms with van der Waals surface area (Å²) in [6.45, 7) is 0.354. The fraction of sp³-hybridized carbons (Fsp3) is 0.308. The van der Waals surface area contributed by atoms with E-state index in [4.69, 9.17) is 11.2 Å². The van der Waals surface area contributed by atoms with Crippen molar-refractivity contribution in [3.8, 4) is 18.1 Å². The number of nitro groups is 1. The molecule has 1 unspecified atom stereocenters. The highest BCUT2D eigenvalue weighted by Crippen LogP contribution is 2.35. The van der Waals surface area contributed by atoms with E-state index in [1.54, 1.807) is 0 Å². The number of terminal acetylenes is 1. The van der Waals surface area contributed by atoms with Gasteiger partial charge in [-0.25, -0.2) is 0 Å². The molecule has 0 saturated carbocycles. The first-order chi connectivity index (χ1) is 9.06. The summed E-state index contributed by atoms with van der Waals surface area (Å²) in [5.74, 6) is 2.62. The summed E-state index contributed by atoms with van der Waals surface area (Å²) in [6, 6.07) is 4.14. The molecule has 0 spiro atoms. The number of methoxy groups -OCH3 is 1. The van der Waals surface area contributed by atoms with Crippen molar-refractivity contribution in [1.82, 2.24) is 0 Å². The summed E-state index contributed by atoms with van der Waals surface area (Å²) < 4.78 is 5.14. The second-order valence-electron chi connectivity index (χ2n) is 4.19. The minimum absolute atomic E-state index is 0.0900. The molecule has 1 amide bonds. The summed E-state index contributed by atoms with van der Waals surface area (Å²) in [4.78, 5) is 23.6. The van der Waals surface area contributed by atoms with E-state index in [2.05, 4.69) is 5.92 Å². The fourth-order valence-electron chi connectivity index (χ4n) is 2.05. The van der Waals surface area contributed by atoms with E-state index < -0.39 is 4.92 Å². The Labute approximate surface area is 110 Å². The van der Waals surface area contributed by atoms with Crippen LogP contribution in [0.15, 0.2) is 18.2 Å². The van der Waals surface area contributed by atoms with E-state index in [0.29, 0.717) is 18.0 Å². The molecular formula is C13H12N2O4. The number of hydrogen-bond acceptors (Lipinski definition) is 4. The second-order valence-corrected chi connectivity index (χ2v) is 4.19. The van der Waals surface area contributed by atoms with Crippen LogP contribution in [-0.2, 0) is 4.79 Å². The zero-order valence-corrected chi connectivity index (χ0v) is 10.3. The molecule has 0 radical (unpaired) electrons. The number of ether oxygens (including phenoxy) is 1. The molecule has 1 aliphatic heterocycles. The molecule has 0 aliphatic carbocycles. The van der Waals surface area contributed by atoms with Crippen LogP contribution in [0.1, 0.15) is 6.42 Å². The van der Waals surface area contributed by atoms with E-state index in [-0.39, 0.29) is 23.9 Å². The Bertz CT molecular complexity index is 576. The number of non-ortho nitro benzene ring substituents is 1. The van der Waals surface area contributed by atoms with Crippen LogP contribution in [0.3, 0.4) is 0 Å². The lowest BCUT2D eigenvalue weighted by molar-refractivity contribution is -0.384. The van der Waals surface area contributed by atoms with Gasteiger partial charge in [0.2, 0.25) is 5.91 Å². The Kier molecular flexibility index (Phi) is 3.38. The summed E-state index contributed by atoms with van der Waals surface area (Å²) in [7, 11) is 1.45. The third-order valence-electron chi connectivity index (χ3n) is 3.02. The van der Waals surface area contributed by atoms with Gasteiger partial charge in [-0.1, -0.05) is 0 Å². The molecule has 0 bridgehead atoms. The molecule has 0 N–H and O–H groups in total. The average molecular weight is 260 g/mol. The maximum Gasteiger partial charge on any atom is 0.271 e. The Morgan fingerprint density at radius 1 is 1.58 bits per heavy atom. The van der Waals surface area contributed by atoms with Gasteiger partial charge < -0.3 is 9.64 Å². The van der Waals surface area contributed by atoms with Crippen molar-refractivity contribution < 1.29 is 14.5 Å². The smallest absolute Gasteiger partial charge is 0.271 e. The summed E-state index contributed by atoms with van der Waals surface area (Å²) in [5, 5.41) is 10.8. The minimum atomic E-state index is -0.512. The first-order valence-corrected chi connectivity index (χ1v) is 5.65. The lowest BCUT2D eigenvalue weighted by atomic mass is 10.1. The molecule has 1 fully saturated rings. The molecule has 1 saturated heterocycles. The molecule has 1 aliphatic rings. The van der Waals surface area contributed by atoms with Gasteiger partial charge in [-0.05, 0) is 6.07 Å². The molecule has 98 valence electrons. The number of nitrogens with zero attached hydrogens (tertiary/aromatic N) is 2. The monoisotopic (exact) mass is 260 g/mol. The Morgan fingerprint density at radius 2 is 2.32 bits per heavy atom. The first kappa shape index (κ1) is 12.9. The van der Waals surface area contributed by atoms with Gasteiger partial charge in [0.1, 0.15) is 5.75 Å². The highest BCUT2D eigenvalue weighted by molar-refractivity contribution is 5.97. The molecule has 1 aromatic carbocycles. The largest absolute Gasteiger partial charge is 0.495 e. The maximum atomic E-state index is 11.9. The first-order valence-electron chi connectivity index (χ1n) is 5.65. The predicted molar refractivity (Wildman–Crippen MR) is 68.9 cm³/mol. The van der Waals surface area contributed by atoms with Gasteiger partial charge in [-0.3, -0.25) is 14.9 Å². The van der Waals surface area contributed by atoms with Gasteiger partial charge in [0.15, 0.2) is 0 Å². The number of carbonyl (C=O) groups is 1. The fourth-order valence-corrected chi connectivity index (χ4v) is 2.05. The molecule has 19 heavy (non-hydrogen) atoms. The van der Waals surface area contributed by atoms with Crippen molar-refractivity contribution in [3.05, 3.63) is 28.3 Å². The van der Waals surface area contributed by atoms with Crippen LogP contribution in [0, 0.1) is 28.4 Å². The van der Waals surface area contributed by atoms with E-state index >= 15 is 0 Å². The van der Waals surface area contributed by atoms with Crippen LogP contribution < -0.4 is 9.64 Å². The normalized spacial score (nSPS) is 18.2. The predicted octanol–water partition coefficient (Wildman–Crippen LogP) is 1.59. The lowest BCUT2D eigenvalue weighted by Gasteiger charge is -2.18. The number of benzene rings is 1. The number of anilines is 1. The van der Waals surface area contributed by atoms with Crippen LogP contribution in [0.2, 0.25) is 0 Å². The average Bonchev–Trinajstić information content (AvgIpc) is 2.79. The quantitative estimate of drug-likeness (QED) is 0.470. The van der Waals surface area contributed by atoms with Crippen LogP contribution in [0.4, 0.5) is 11.4 Å². The van der Waals surface area contributed by atoms with Crippen molar-refractivity contribution in [3.63, 3.8) is 0 Å². The van der Waals surface area contributed by atoms with Crippen LogP contribution in [0.25, 0.3) is 0 Å². The van der Waals surface area contributed by atoms with Gasteiger partial charge >= 0.3 is 0 Å². The molecule has 2 rings (SSSR count). The second kappa shape index (κ2) is 4.98. The van der Waals surface area contributed by atoms with E-state index in [9.17, 15) is 14.9 Å². The lowest BCUT2D eigenvalue weighted by Crippen LogP contribution is -2.25. The van der Waals surface area contributed by atoms with Crippen molar-refractivity contribution in [2.75, 3.05) is 18.6 Å². The van der Waals surface area contributed by atoms with E-state index in [1.165, 1.54) is 30.2 Å². The Balaban J connectivity index is 2.43. The van der Waals surface area contributed by atoms with E-state index in [0.717, 1.165) is 0 Å². The molecular weight excluding hydrogens is 248 g/mol. The topological polar surface area (TPSA) is 72.7 Å². The third kappa shape index (κ3) is 2.36. The number of nitro benzene ring substituents is 1. The number of hydrogen-bond donors (Lipinski definition) is 0. The summed E-state index contributed by atoms with van der Waals surface area (Å²) in [6.07, 6.45) is 5.57. The van der Waals surface area contributed by atoms with Crippen molar-refractivity contribution >= 4 is 17.3 Å². The van der Waals surface area contributed by atoms with Gasteiger partial charge in [0, 0.05) is 31.0 Å². The van der Waals surface area contributed by atoms with Gasteiger partial charge in [-0.15, -0.1) is 12.3 Å². The number of carbonyl (C=O) groups excluding carboxylic acids is 1. The maximum absolute atomic E-state index is 11.9. The van der Waals surface area contributed by atoms with Gasteiger partial charge in [0.25, 0.3) is 5.69 Å². The molecule has 6 nitrogen and oxygen atoms in total.